The molecule has 0 aromatic carbocycles. The highest BCUT2D eigenvalue weighted by Crippen LogP contribution is 2.02. The van der Waals surface area contributed by atoms with Crippen LogP contribution in [-0.4, -0.2) is 28.2 Å². The molecule has 0 radical (unpaired) electrons. The van der Waals surface area contributed by atoms with Gasteiger partial charge in [0.15, 0.2) is 11.7 Å². The molecule has 2 aromatic rings. The number of halogens is 1. The van der Waals surface area contributed by atoms with Crippen LogP contribution in [0.5, 0.6) is 0 Å². The monoisotopic (exact) mass is 325 g/mol. The van der Waals surface area contributed by atoms with Crippen LogP contribution >= 0.6 is 11.6 Å². The van der Waals surface area contributed by atoms with Gasteiger partial charge >= 0.3 is 0 Å². The Balaban J connectivity index is 0.000000235. The first-order valence-electron chi connectivity index (χ1n) is 6.79. The van der Waals surface area contributed by atoms with E-state index in [-0.39, 0.29) is 11.8 Å². The molecule has 0 saturated carbocycles. The summed E-state index contributed by atoms with van der Waals surface area (Å²) in [4.78, 5) is 4.11. The van der Waals surface area contributed by atoms with Gasteiger partial charge in [-0.15, -0.1) is 0 Å². The molecule has 0 amide bonds. The highest BCUT2D eigenvalue weighted by atomic mass is 35.5. The summed E-state index contributed by atoms with van der Waals surface area (Å²) in [7, 11) is 0. The van der Waals surface area contributed by atoms with Crippen molar-refractivity contribution in [3.8, 4) is 0 Å². The van der Waals surface area contributed by atoms with Crippen LogP contribution in [0.25, 0.3) is 0 Å². The van der Waals surface area contributed by atoms with Crippen molar-refractivity contribution in [2.24, 2.45) is 4.99 Å². The summed E-state index contributed by atoms with van der Waals surface area (Å²) in [5, 5.41) is 28.6. The first-order chi connectivity index (χ1) is 10.4. The van der Waals surface area contributed by atoms with Crippen molar-refractivity contribution in [2.45, 2.75) is 20.3 Å². The molecule has 2 rings (SSSR count). The Bertz CT molecular complexity index is 671. The maximum absolute atomic E-state index is 10.6. The second-order valence-electron chi connectivity index (χ2n) is 4.72. The highest BCUT2D eigenvalue weighted by Gasteiger charge is 1.97. The number of pyridine rings is 2. The zero-order valence-electron chi connectivity index (χ0n) is 12.6. The van der Waals surface area contributed by atoms with E-state index in [1.807, 2.05) is 13.8 Å². The highest BCUT2D eigenvalue weighted by molar-refractivity contribution is 6.28. The number of hydrogen-bond donors (Lipinski definition) is 2. The van der Waals surface area contributed by atoms with Crippen LogP contribution in [-0.2, 0) is 0 Å². The number of aliphatic hydroxyl groups is 1. The molecule has 2 aromatic heterocycles. The van der Waals surface area contributed by atoms with Crippen LogP contribution in [0, 0.1) is 19.1 Å². The Morgan fingerprint density at radius 2 is 1.95 bits per heavy atom. The van der Waals surface area contributed by atoms with Crippen LogP contribution in [0.15, 0.2) is 41.7 Å². The Kier molecular flexibility index (Phi) is 7.42. The number of hydrogen-bond acceptors (Lipinski definition) is 4. The van der Waals surface area contributed by atoms with Gasteiger partial charge in [0.05, 0.1) is 0 Å². The zero-order chi connectivity index (χ0) is 16.5. The maximum atomic E-state index is 10.6. The predicted molar refractivity (Wildman–Crippen MR) is 83.6 cm³/mol. The Morgan fingerprint density at radius 1 is 1.27 bits per heavy atom. The van der Waals surface area contributed by atoms with Crippen molar-refractivity contribution >= 4 is 11.6 Å². The predicted octanol–water partition coefficient (Wildman–Crippen LogP) is 1.60. The molecule has 2 N–H and O–H groups in total. The van der Waals surface area contributed by atoms with E-state index in [1.165, 1.54) is 6.20 Å². The van der Waals surface area contributed by atoms with Gasteiger partial charge in [-0.1, -0.05) is 0 Å². The maximum Gasteiger partial charge on any atom is 0.286 e. The van der Waals surface area contributed by atoms with Crippen LogP contribution in [0.4, 0.5) is 0 Å². The number of nitrogens with zero attached hydrogens (tertiary/aromatic N) is 3. The van der Waals surface area contributed by atoms with E-state index >= 15 is 0 Å². The molecule has 0 aliphatic rings. The Labute approximate surface area is 134 Å². The smallest absolute Gasteiger partial charge is 0.286 e. The van der Waals surface area contributed by atoms with E-state index in [0.29, 0.717) is 23.2 Å². The molecule has 0 atom stereocenters. The number of rotatable bonds is 3. The second-order valence-corrected chi connectivity index (χ2v) is 5.11. The fourth-order valence-corrected chi connectivity index (χ4v) is 1.75. The first-order valence-corrected chi connectivity index (χ1v) is 7.17. The standard InChI is InChI=1S/C9H14N2O2.C6H6ClNO/c1-8-3-5-11(13)9(7-8)10-4-2-6-12;1-5-2-3-8(9)6(7)4-5/h3,5,7,12-13H,2,4,6H2,1H3;2-4H,1H3. The van der Waals surface area contributed by atoms with Crippen molar-refractivity contribution in [2.75, 3.05) is 13.2 Å². The minimum Gasteiger partial charge on any atom is -0.618 e. The molecule has 0 saturated heterocycles. The van der Waals surface area contributed by atoms with Crippen molar-refractivity contribution in [1.29, 1.82) is 0 Å². The lowest BCUT2D eigenvalue weighted by Crippen LogP contribution is -2.26. The summed E-state index contributed by atoms with van der Waals surface area (Å²) >= 11 is 5.46. The van der Waals surface area contributed by atoms with Crippen LogP contribution in [0.2, 0.25) is 5.15 Å². The molecule has 7 heteroatoms. The third-order valence-electron chi connectivity index (χ3n) is 2.69. The Morgan fingerprint density at radius 3 is 2.55 bits per heavy atom. The summed E-state index contributed by atoms with van der Waals surface area (Å²) in [5.41, 5.74) is 2.56. The molecule has 0 bridgehead atoms. The molecule has 6 nitrogen and oxygen atoms in total. The summed E-state index contributed by atoms with van der Waals surface area (Å²) in [6, 6.07) is 6.91. The van der Waals surface area contributed by atoms with E-state index in [0.717, 1.165) is 15.9 Å². The molecule has 0 unspecified atom stereocenters. The lowest BCUT2D eigenvalue weighted by molar-refractivity contribution is -0.603. The van der Waals surface area contributed by atoms with Gasteiger partial charge < -0.3 is 15.5 Å². The summed E-state index contributed by atoms with van der Waals surface area (Å²) in [5.74, 6) is 0. The van der Waals surface area contributed by atoms with Crippen molar-refractivity contribution in [1.82, 2.24) is 4.73 Å². The second kappa shape index (κ2) is 9.07. The summed E-state index contributed by atoms with van der Waals surface area (Å²) in [6.07, 6.45) is 3.55. The molecule has 0 spiro atoms. The lowest BCUT2D eigenvalue weighted by atomic mass is 10.3. The SMILES string of the molecule is Cc1cc[n+]([O-])c(Cl)c1.Cc1ccn(O)c(=NCCCO)c1. The van der Waals surface area contributed by atoms with Gasteiger partial charge in [-0.25, -0.2) is 0 Å². The van der Waals surface area contributed by atoms with Crippen LogP contribution < -0.4 is 10.2 Å². The van der Waals surface area contributed by atoms with Gasteiger partial charge in [-0.2, -0.15) is 9.46 Å². The van der Waals surface area contributed by atoms with E-state index in [2.05, 4.69) is 4.99 Å². The van der Waals surface area contributed by atoms with Crippen LogP contribution in [0.3, 0.4) is 0 Å². The summed E-state index contributed by atoms with van der Waals surface area (Å²) in [6.45, 7) is 4.47. The molecular weight excluding hydrogens is 306 g/mol. The molecule has 0 aliphatic heterocycles. The first kappa shape index (κ1) is 18.0. The minimum atomic E-state index is 0.126. The molecule has 120 valence electrons. The number of aryl methyl sites for hydroxylation is 2. The van der Waals surface area contributed by atoms with Gasteiger partial charge in [0.25, 0.3) is 5.15 Å². The lowest BCUT2D eigenvalue weighted by Gasteiger charge is -1.99. The van der Waals surface area contributed by atoms with Crippen molar-refractivity contribution in [3.05, 3.63) is 63.6 Å². The van der Waals surface area contributed by atoms with Gasteiger partial charge in [-0.05, 0) is 55.1 Å². The summed E-state index contributed by atoms with van der Waals surface area (Å²) < 4.78 is 1.60. The topological polar surface area (TPSA) is 84.7 Å². The molecule has 0 fully saturated rings. The molecule has 0 aliphatic carbocycles. The van der Waals surface area contributed by atoms with Crippen LogP contribution in [0.1, 0.15) is 17.5 Å². The third kappa shape index (κ3) is 6.15. The van der Waals surface area contributed by atoms with E-state index in [9.17, 15) is 10.4 Å². The molecule has 2 heterocycles. The molecule has 22 heavy (non-hydrogen) atoms. The van der Waals surface area contributed by atoms with E-state index < -0.39 is 0 Å². The third-order valence-corrected chi connectivity index (χ3v) is 2.97. The fraction of sp³-hybridized carbons (Fsp3) is 0.333. The van der Waals surface area contributed by atoms with Gasteiger partial charge in [0.2, 0.25) is 0 Å². The normalized spacial score (nSPS) is 11.0. The number of aromatic nitrogens is 2. The number of aliphatic hydroxyl groups excluding tert-OH is 1. The fourth-order valence-electron chi connectivity index (χ4n) is 1.52. The average Bonchev–Trinajstić information content (AvgIpc) is 2.48. The van der Waals surface area contributed by atoms with Crippen molar-refractivity contribution in [3.63, 3.8) is 0 Å². The van der Waals surface area contributed by atoms with Gasteiger partial charge in [0, 0.05) is 31.5 Å². The molecular formula is C15H20ClN3O3. The minimum absolute atomic E-state index is 0.126. The van der Waals surface area contributed by atoms with E-state index in [4.69, 9.17) is 16.7 Å². The van der Waals surface area contributed by atoms with Gasteiger partial charge in [-0.3, -0.25) is 4.99 Å². The van der Waals surface area contributed by atoms with Gasteiger partial charge in [0.1, 0.15) is 0 Å². The van der Waals surface area contributed by atoms with E-state index in [1.54, 1.807) is 30.5 Å². The zero-order valence-corrected chi connectivity index (χ0v) is 13.4. The van der Waals surface area contributed by atoms with Crippen molar-refractivity contribution < 1.29 is 15.0 Å². The largest absolute Gasteiger partial charge is 0.618 e. The quantitative estimate of drug-likeness (QED) is 0.295. The average molecular weight is 326 g/mol. The Hall–Kier alpha value is -2.05.